The zero-order valence-corrected chi connectivity index (χ0v) is 9.33. The molecule has 2 heteroatoms. The molecule has 0 spiro atoms. The van der Waals surface area contributed by atoms with Gasteiger partial charge < -0.3 is 10.1 Å². The molecular formula is C13H19NO. The number of nitrogens with one attached hydrogen (secondary N) is 1. The van der Waals surface area contributed by atoms with Crippen LogP contribution in [-0.2, 0) is 17.7 Å². The van der Waals surface area contributed by atoms with Crippen LogP contribution in [0.3, 0.4) is 0 Å². The molecule has 0 aromatic heterocycles. The van der Waals surface area contributed by atoms with Crippen molar-refractivity contribution in [1.29, 1.82) is 0 Å². The molecule has 1 fully saturated rings. The van der Waals surface area contributed by atoms with Crippen LogP contribution in [0, 0.1) is 0 Å². The Balaban J connectivity index is 1.91. The van der Waals surface area contributed by atoms with Crippen LogP contribution in [0.25, 0.3) is 0 Å². The SMILES string of the molecule is CCc1ccccc1CNC1CCOC1. The van der Waals surface area contributed by atoms with Gasteiger partial charge in [-0.2, -0.15) is 0 Å². The average Bonchev–Trinajstić information content (AvgIpc) is 2.79. The molecule has 1 heterocycles. The van der Waals surface area contributed by atoms with Gasteiger partial charge in [0.15, 0.2) is 0 Å². The van der Waals surface area contributed by atoms with Crippen molar-refractivity contribution < 1.29 is 4.74 Å². The van der Waals surface area contributed by atoms with Crippen molar-refractivity contribution >= 4 is 0 Å². The molecule has 1 aromatic rings. The van der Waals surface area contributed by atoms with Gasteiger partial charge in [-0.1, -0.05) is 31.2 Å². The number of rotatable bonds is 4. The highest BCUT2D eigenvalue weighted by molar-refractivity contribution is 5.26. The summed E-state index contributed by atoms with van der Waals surface area (Å²) < 4.78 is 5.34. The summed E-state index contributed by atoms with van der Waals surface area (Å²) in [7, 11) is 0. The second-order valence-corrected chi connectivity index (χ2v) is 4.06. The average molecular weight is 205 g/mol. The normalized spacial score (nSPS) is 20.7. The first-order chi connectivity index (χ1) is 7.40. The molecule has 1 N–H and O–H groups in total. The van der Waals surface area contributed by atoms with Gasteiger partial charge in [-0.25, -0.2) is 0 Å². The molecule has 15 heavy (non-hydrogen) atoms. The summed E-state index contributed by atoms with van der Waals surface area (Å²) in [5, 5.41) is 3.55. The van der Waals surface area contributed by atoms with Gasteiger partial charge in [0.2, 0.25) is 0 Å². The van der Waals surface area contributed by atoms with E-state index in [1.165, 1.54) is 11.1 Å². The van der Waals surface area contributed by atoms with Crippen LogP contribution in [0.1, 0.15) is 24.5 Å². The van der Waals surface area contributed by atoms with Crippen molar-refractivity contribution in [3.8, 4) is 0 Å². The van der Waals surface area contributed by atoms with Gasteiger partial charge in [0.05, 0.1) is 6.61 Å². The Morgan fingerprint density at radius 3 is 2.80 bits per heavy atom. The molecule has 0 saturated carbocycles. The number of aryl methyl sites for hydroxylation is 1. The molecule has 0 amide bonds. The highest BCUT2D eigenvalue weighted by atomic mass is 16.5. The Morgan fingerprint density at radius 1 is 1.33 bits per heavy atom. The molecule has 1 atom stereocenters. The molecule has 82 valence electrons. The molecule has 0 aliphatic carbocycles. The third-order valence-corrected chi connectivity index (χ3v) is 3.01. The Kier molecular flexibility index (Phi) is 3.75. The Hall–Kier alpha value is -0.860. The van der Waals surface area contributed by atoms with Gasteiger partial charge in [-0.3, -0.25) is 0 Å². The second kappa shape index (κ2) is 5.29. The first kappa shape index (κ1) is 10.7. The number of hydrogen-bond acceptors (Lipinski definition) is 2. The van der Waals surface area contributed by atoms with Crippen LogP contribution in [0.4, 0.5) is 0 Å². The first-order valence-electron chi connectivity index (χ1n) is 5.78. The minimum absolute atomic E-state index is 0.551. The number of benzene rings is 1. The lowest BCUT2D eigenvalue weighted by Gasteiger charge is -2.12. The lowest BCUT2D eigenvalue weighted by molar-refractivity contribution is 0.190. The molecule has 0 bridgehead atoms. The molecule has 1 aliphatic rings. The van der Waals surface area contributed by atoms with E-state index in [2.05, 4.69) is 36.5 Å². The molecule has 2 rings (SSSR count). The van der Waals surface area contributed by atoms with Gasteiger partial charge in [-0.15, -0.1) is 0 Å². The number of hydrogen-bond donors (Lipinski definition) is 1. The fourth-order valence-corrected chi connectivity index (χ4v) is 2.02. The van der Waals surface area contributed by atoms with E-state index in [1.54, 1.807) is 0 Å². The minimum atomic E-state index is 0.551. The third kappa shape index (κ3) is 2.80. The van der Waals surface area contributed by atoms with Crippen LogP contribution in [-0.4, -0.2) is 19.3 Å². The summed E-state index contributed by atoms with van der Waals surface area (Å²) in [6.45, 7) is 4.96. The minimum Gasteiger partial charge on any atom is -0.380 e. The van der Waals surface area contributed by atoms with E-state index in [4.69, 9.17) is 4.74 Å². The molecular weight excluding hydrogens is 186 g/mol. The van der Waals surface area contributed by atoms with E-state index in [9.17, 15) is 0 Å². The fraction of sp³-hybridized carbons (Fsp3) is 0.538. The van der Waals surface area contributed by atoms with Crippen molar-refractivity contribution in [3.05, 3.63) is 35.4 Å². The van der Waals surface area contributed by atoms with Gasteiger partial charge in [0.25, 0.3) is 0 Å². The summed E-state index contributed by atoms with van der Waals surface area (Å²) in [6, 6.07) is 9.20. The molecule has 1 aliphatic heterocycles. The van der Waals surface area contributed by atoms with E-state index in [-0.39, 0.29) is 0 Å². The Labute approximate surface area is 91.6 Å². The monoisotopic (exact) mass is 205 g/mol. The summed E-state index contributed by atoms with van der Waals surface area (Å²) >= 11 is 0. The highest BCUT2D eigenvalue weighted by Crippen LogP contribution is 2.11. The highest BCUT2D eigenvalue weighted by Gasteiger charge is 2.14. The fourth-order valence-electron chi connectivity index (χ4n) is 2.02. The summed E-state index contributed by atoms with van der Waals surface area (Å²) in [5.41, 5.74) is 2.87. The van der Waals surface area contributed by atoms with Crippen LogP contribution >= 0.6 is 0 Å². The van der Waals surface area contributed by atoms with Gasteiger partial charge in [0, 0.05) is 19.2 Å². The third-order valence-electron chi connectivity index (χ3n) is 3.01. The topological polar surface area (TPSA) is 21.3 Å². The summed E-state index contributed by atoms with van der Waals surface area (Å²) in [5.74, 6) is 0. The lowest BCUT2D eigenvalue weighted by Crippen LogP contribution is -2.28. The molecule has 0 radical (unpaired) electrons. The van der Waals surface area contributed by atoms with Crippen molar-refractivity contribution in [3.63, 3.8) is 0 Å². The van der Waals surface area contributed by atoms with Crippen LogP contribution in [0.2, 0.25) is 0 Å². The summed E-state index contributed by atoms with van der Waals surface area (Å²) in [4.78, 5) is 0. The quantitative estimate of drug-likeness (QED) is 0.813. The predicted octanol–water partition coefficient (Wildman–Crippen LogP) is 2.13. The second-order valence-electron chi connectivity index (χ2n) is 4.06. The van der Waals surface area contributed by atoms with Gasteiger partial charge in [0.1, 0.15) is 0 Å². The largest absolute Gasteiger partial charge is 0.380 e. The zero-order valence-electron chi connectivity index (χ0n) is 9.33. The maximum absolute atomic E-state index is 5.34. The van der Waals surface area contributed by atoms with E-state index < -0.39 is 0 Å². The van der Waals surface area contributed by atoms with Gasteiger partial charge in [-0.05, 0) is 24.0 Å². The molecule has 1 saturated heterocycles. The van der Waals surface area contributed by atoms with E-state index in [0.717, 1.165) is 32.6 Å². The standard InChI is InChI=1S/C13H19NO/c1-2-11-5-3-4-6-12(11)9-14-13-7-8-15-10-13/h3-6,13-14H,2,7-10H2,1H3. The van der Waals surface area contributed by atoms with E-state index in [1.807, 2.05) is 0 Å². The summed E-state index contributed by atoms with van der Waals surface area (Å²) in [6.07, 6.45) is 2.26. The van der Waals surface area contributed by atoms with Crippen molar-refractivity contribution in [2.45, 2.75) is 32.4 Å². The van der Waals surface area contributed by atoms with E-state index >= 15 is 0 Å². The van der Waals surface area contributed by atoms with Crippen LogP contribution in [0.15, 0.2) is 24.3 Å². The van der Waals surface area contributed by atoms with Crippen molar-refractivity contribution in [1.82, 2.24) is 5.32 Å². The maximum atomic E-state index is 5.34. The Morgan fingerprint density at radius 2 is 2.13 bits per heavy atom. The van der Waals surface area contributed by atoms with Crippen LogP contribution < -0.4 is 5.32 Å². The van der Waals surface area contributed by atoms with E-state index in [0.29, 0.717) is 6.04 Å². The van der Waals surface area contributed by atoms with Crippen molar-refractivity contribution in [2.75, 3.05) is 13.2 Å². The smallest absolute Gasteiger partial charge is 0.0620 e. The lowest BCUT2D eigenvalue weighted by atomic mass is 10.1. The van der Waals surface area contributed by atoms with Crippen LogP contribution in [0.5, 0.6) is 0 Å². The first-order valence-corrected chi connectivity index (χ1v) is 5.78. The molecule has 2 nitrogen and oxygen atoms in total. The van der Waals surface area contributed by atoms with Gasteiger partial charge >= 0.3 is 0 Å². The Bertz CT molecular complexity index is 305. The molecule has 1 aromatic carbocycles. The maximum Gasteiger partial charge on any atom is 0.0620 e. The predicted molar refractivity (Wildman–Crippen MR) is 61.9 cm³/mol. The number of ether oxygens (including phenoxy) is 1. The van der Waals surface area contributed by atoms with Crippen molar-refractivity contribution in [2.24, 2.45) is 0 Å². The molecule has 1 unspecified atom stereocenters. The zero-order chi connectivity index (χ0) is 10.5.